The minimum atomic E-state index is -0.415. The monoisotopic (exact) mass is 328 g/mol. The molecule has 0 saturated heterocycles. The summed E-state index contributed by atoms with van der Waals surface area (Å²) in [6.07, 6.45) is 7.56. The van der Waals surface area contributed by atoms with Gasteiger partial charge in [0.05, 0.1) is 24.6 Å². The number of benzene rings is 1. The van der Waals surface area contributed by atoms with Crippen LogP contribution in [0.25, 0.3) is 5.69 Å². The smallest absolute Gasteiger partial charge is 0.121 e. The number of rotatable bonds is 5. The van der Waals surface area contributed by atoms with Gasteiger partial charge in [0.15, 0.2) is 0 Å². The molecule has 1 aliphatic carbocycles. The Morgan fingerprint density at radius 1 is 1.21 bits per heavy atom. The van der Waals surface area contributed by atoms with Crippen molar-refractivity contribution in [2.75, 3.05) is 7.11 Å². The summed E-state index contributed by atoms with van der Waals surface area (Å²) in [4.78, 5) is 0. The van der Waals surface area contributed by atoms with Gasteiger partial charge < -0.3 is 9.84 Å². The molecule has 0 amide bonds. The Hall–Kier alpha value is -1.81. The lowest BCUT2D eigenvalue weighted by Crippen LogP contribution is -2.17. The van der Waals surface area contributed by atoms with Crippen LogP contribution in [-0.4, -0.2) is 22.0 Å². The summed E-state index contributed by atoms with van der Waals surface area (Å²) in [7, 11) is 1.67. The van der Waals surface area contributed by atoms with E-state index in [0.29, 0.717) is 5.92 Å². The van der Waals surface area contributed by atoms with Crippen LogP contribution in [0.5, 0.6) is 5.75 Å². The van der Waals surface area contributed by atoms with Gasteiger partial charge in [-0.25, -0.2) is 4.68 Å². The van der Waals surface area contributed by atoms with Crippen molar-refractivity contribution in [1.29, 1.82) is 0 Å². The highest BCUT2D eigenvalue weighted by molar-refractivity contribution is 5.40. The Balaban J connectivity index is 1.95. The fourth-order valence-electron chi connectivity index (χ4n) is 3.67. The predicted octanol–water partition coefficient (Wildman–Crippen LogP) is 4.62. The second kappa shape index (κ2) is 7.39. The molecule has 4 heteroatoms. The van der Waals surface area contributed by atoms with Gasteiger partial charge in [0.1, 0.15) is 5.75 Å². The van der Waals surface area contributed by atoms with Crippen molar-refractivity contribution < 1.29 is 9.84 Å². The fraction of sp³-hybridized carbons (Fsp3) is 0.550. The van der Waals surface area contributed by atoms with E-state index in [4.69, 9.17) is 9.84 Å². The highest BCUT2D eigenvalue weighted by Crippen LogP contribution is 2.37. The van der Waals surface area contributed by atoms with E-state index >= 15 is 0 Å². The fourth-order valence-corrected chi connectivity index (χ4v) is 3.67. The first-order valence-corrected chi connectivity index (χ1v) is 9.02. The van der Waals surface area contributed by atoms with Crippen LogP contribution in [0, 0.1) is 5.92 Å². The molecule has 1 unspecified atom stereocenters. The third-order valence-corrected chi connectivity index (χ3v) is 5.05. The lowest BCUT2D eigenvalue weighted by atomic mass is 9.82. The number of aliphatic hydroxyl groups is 1. The van der Waals surface area contributed by atoms with Crippen LogP contribution in [0.15, 0.2) is 30.5 Å². The summed E-state index contributed by atoms with van der Waals surface area (Å²) in [5.74, 6) is 1.45. The zero-order valence-corrected chi connectivity index (χ0v) is 14.9. The molecular weight excluding hydrogens is 300 g/mol. The van der Waals surface area contributed by atoms with Gasteiger partial charge in [0.2, 0.25) is 0 Å². The van der Waals surface area contributed by atoms with Crippen LogP contribution < -0.4 is 4.74 Å². The molecule has 0 aliphatic heterocycles. The maximum Gasteiger partial charge on any atom is 0.121 e. The minimum absolute atomic E-state index is 0.282. The maximum atomic E-state index is 11.0. The van der Waals surface area contributed by atoms with Crippen molar-refractivity contribution in [1.82, 2.24) is 9.78 Å². The molecule has 4 nitrogen and oxygen atoms in total. The lowest BCUT2D eigenvalue weighted by Gasteiger charge is -2.26. The largest absolute Gasteiger partial charge is 0.497 e. The molecule has 1 atom stereocenters. The quantitative estimate of drug-likeness (QED) is 0.871. The van der Waals surface area contributed by atoms with Gasteiger partial charge in [-0.15, -0.1) is 0 Å². The van der Waals surface area contributed by atoms with Gasteiger partial charge in [0, 0.05) is 17.8 Å². The van der Waals surface area contributed by atoms with Crippen molar-refractivity contribution in [3.63, 3.8) is 0 Å². The molecule has 1 aromatic carbocycles. The SMILES string of the molecule is COc1cccc(-n2cc(C(O)C3CCCCC3)c(C(C)C)n2)c1. The van der Waals surface area contributed by atoms with Crippen LogP contribution >= 0.6 is 0 Å². The Bertz CT molecular complexity index is 672. The normalized spacial score (nSPS) is 17.2. The van der Waals surface area contributed by atoms with E-state index in [1.807, 2.05) is 35.1 Å². The van der Waals surface area contributed by atoms with Crippen molar-refractivity contribution in [3.05, 3.63) is 41.7 Å². The van der Waals surface area contributed by atoms with E-state index in [2.05, 4.69) is 13.8 Å². The zero-order chi connectivity index (χ0) is 17.1. The lowest BCUT2D eigenvalue weighted by molar-refractivity contribution is 0.0838. The van der Waals surface area contributed by atoms with Crippen molar-refractivity contribution in [2.45, 2.75) is 58.0 Å². The summed E-state index contributed by atoms with van der Waals surface area (Å²) in [5, 5.41) is 15.7. The van der Waals surface area contributed by atoms with E-state index < -0.39 is 6.10 Å². The van der Waals surface area contributed by atoms with Gasteiger partial charge in [-0.2, -0.15) is 5.10 Å². The van der Waals surface area contributed by atoms with Crippen molar-refractivity contribution in [2.24, 2.45) is 5.92 Å². The first-order chi connectivity index (χ1) is 11.6. The Morgan fingerprint density at radius 3 is 2.62 bits per heavy atom. The molecule has 130 valence electrons. The van der Waals surface area contributed by atoms with Crippen LogP contribution in [-0.2, 0) is 0 Å². The number of aromatic nitrogens is 2. The molecule has 1 fully saturated rings. The van der Waals surface area contributed by atoms with Crippen LogP contribution in [0.1, 0.15) is 69.2 Å². The highest BCUT2D eigenvalue weighted by Gasteiger charge is 2.28. The average molecular weight is 328 g/mol. The molecule has 1 aliphatic rings. The van der Waals surface area contributed by atoms with E-state index in [0.717, 1.165) is 35.5 Å². The Kier molecular flexibility index (Phi) is 5.24. The van der Waals surface area contributed by atoms with Gasteiger partial charge in [0.25, 0.3) is 0 Å². The molecule has 1 saturated carbocycles. The third-order valence-electron chi connectivity index (χ3n) is 5.05. The topological polar surface area (TPSA) is 47.3 Å². The van der Waals surface area contributed by atoms with Crippen molar-refractivity contribution in [3.8, 4) is 11.4 Å². The summed E-state index contributed by atoms with van der Waals surface area (Å²) >= 11 is 0. The van der Waals surface area contributed by atoms with Gasteiger partial charge in [-0.1, -0.05) is 39.2 Å². The molecule has 0 bridgehead atoms. The van der Waals surface area contributed by atoms with E-state index in [1.165, 1.54) is 19.3 Å². The molecule has 24 heavy (non-hydrogen) atoms. The first kappa shape index (κ1) is 17.0. The molecule has 1 heterocycles. The second-order valence-electron chi connectivity index (χ2n) is 7.11. The number of hydrogen-bond donors (Lipinski definition) is 1. The summed E-state index contributed by atoms with van der Waals surface area (Å²) in [6.45, 7) is 4.27. The van der Waals surface area contributed by atoms with Crippen molar-refractivity contribution >= 4 is 0 Å². The molecule has 0 spiro atoms. The number of nitrogens with zero attached hydrogens (tertiary/aromatic N) is 2. The predicted molar refractivity (Wildman–Crippen MR) is 95.7 cm³/mol. The van der Waals surface area contributed by atoms with Gasteiger partial charge in [-0.3, -0.25) is 0 Å². The van der Waals surface area contributed by atoms with Crippen LogP contribution in [0.4, 0.5) is 0 Å². The Labute approximate surface area is 144 Å². The number of aliphatic hydroxyl groups excluding tert-OH is 1. The van der Waals surface area contributed by atoms with Gasteiger partial charge in [-0.05, 0) is 36.8 Å². The summed E-state index contributed by atoms with van der Waals surface area (Å²) in [6, 6.07) is 7.86. The Morgan fingerprint density at radius 2 is 1.96 bits per heavy atom. The summed E-state index contributed by atoms with van der Waals surface area (Å²) in [5.41, 5.74) is 2.94. The molecule has 2 aromatic rings. The number of hydrogen-bond acceptors (Lipinski definition) is 3. The number of ether oxygens (including phenoxy) is 1. The summed E-state index contributed by atoms with van der Waals surface area (Å²) < 4.78 is 7.19. The van der Waals surface area contributed by atoms with Gasteiger partial charge >= 0.3 is 0 Å². The molecule has 3 rings (SSSR count). The first-order valence-electron chi connectivity index (χ1n) is 9.02. The maximum absolute atomic E-state index is 11.0. The van der Waals surface area contributed by atoms with Crippen LogP contribution in [0.3, 0.4) is 0 Å². The average Bonchev–Trinajstić information content (AvgIpc) is 3.07. The molecular formula is C20H28N2O2. The zero-order valence-electron chi connectivity index (χ0n) is 14.9. The molecule has 1 N–H and O–H groups in total. The van der Waals surface area contributed by atoms with E-state index in [-0.39, 0.29) is 5.92 Å². The molecule has 1 aromatic heterocycles. The van der Waals surface area contributed by atoms with Crippen LogP contribution in [0.2, 0.25) is 0 Å². The van der Waals surface area contributed by atoms with E-state index in [1.54, 1.807) is 7.11 Å². The van der Waals surface area contributed by atoms with E-state index in [9.17, 15) is 5.11 Å². The second-order valence-corrected chi connectivity index (χ2v) is 7.11. The minimum Gasteiger partial charge on any atom is -0.497 e. The third kappa shape index (κ3) is 3.48. The standard InChI is InChI=1S/C20H28N2O2/c1-14(2)19-18(20(23)15-8-5-4-6-9-15)13-22(21-19)16-10-7-11-17(12-16)24-3/h7,10-15,20,23H,4-6,8-9H2,1-3H3. The molecule has 0 radical (unpaired) electrons. The number of methoxy groups -OCH3 is 1. The highest BCUT2D eigenvalue weighted by atomic mass is 16.5.